The summed E-state index contributed by atoms with van der Waals surface area (Å²) in [5.41, 5.74) is 16.0. The van der Waals surface area contributed by atoms with Crippen molar-refractivity contribution in [2.75, 3.05) is 13.2 Å². The van der Waals surface area contributed by atoms with Crippen LogP contribution < -0.4 is 26.8 Å². The van der Waals surface area contributed by atoms with Crippen molar-refractivity contribution in [1.82, 2.24) is 20.5 Å². The molecule has 12 nitrogen and oxygen atoms in total. The predicted octanol–water partition coefficient (Wildman–Crippen LogP) is 4.86. The van der Waals surface area contributed by atoms with Gasteiger partial charge in [-0.05, 0) is 61.3 Å². The smallest absolute Gasteiger partial charge is 0.246 e. The highest BCUT2D eigenvalue weighted by Gasteiger charge is 2.44. The maximum Gasteiger partial charge on any atom is 0.246 e. The monoisotopic (exact) mass is 790 g/mol. The van der Waals surface area contributed by atoms with E-state index in [0.717, 1.165) is 27.3 Å². The fourth-order valence-corrected chi connectivity index (χ4v) is 7.24. The van der Waals surface area contributed by atoms with Gasteiger partial charge < -0.3 is 36.8 Å². The third kappa shape index (κ3) is 12.1. The summed E-state index contributed by atoms with van der Waals surface area (Å²) in [6.07, 6.45) is 0.860. The van der Waals surface area contributed by atoms with Crippen LogP contribution in [-0.4, -0.2) is 76.0 Å². The van der Waals surface area contributed by atoms with E-state index in [9.17, 15) is 24.3 Å². The zero-order chi connectivity index (χ0) is 38.2. The molecule has 3 aromatic rings. The summed E-state index contributed by atoms with van der Waals surface area (Å²) in [6, 6.07) is 10.8. The van der Waals surface area contributed by atoms with Gasteiger partial charge in [-0.15, -0.1) is 23.7 Å². The number of aliphatic hydroxyl groups is 1. The number of rotatable bonds is 16. The second kappa shape index (κ2) is 19.5. The molecule has 1 aliphatic heterocycles. The van der Waals surface area contributed by atoms with E-state index in [1.54, 1.807) is 23.5 Å². The van der Waals surface area contributed by atoms with Crippen molar-refractivity contribution in [2.45, 2.75) is 103 Å². The Kier molecular flexibility index (Phi) is 16.1. The van der Waals surface area contributed by atoms with Crippen LogP contribution in [0.4, 0.5) is 0 Å². The average molecular weight is 792 g/mol. The van der Waals surface area contributed by atoms with Crippen molar-refractivity contribution < 1.29 is 29.0 Å². The van der Waals surface area contributed by atoms with Crippen molar-refractivity contribution in [2.24, 2.45) is 16.9 Å². The van der Waals surface area contributed by atoms with E-state index < -0.39 is 35.4 Å². The van der Waals surface area contributed by atoms with Gasteiger partial charge >= 0.3 is 0 Å². The number of primary amides is 1. The molecule has 4 amide bonds. The van der Waals surface area contributed by atoms with E-state index in [-0.39, 0.29) is 68.7 Å². The fourth-order valence-electron chi connectivity index (χ4n) is 6.16. The number of halogens is 2. The quantitative estimate of drug-likeness (QED) is 0.136. The first-order chi connectivity index (χ1) is 24.5. The number of hydrogen-bond acceptors (Lipinski definition) is 9. The average Bonchev–Trinajstić information content (AvgIpc) is 3.70. The van der Waals surface area contributed by atoms with E-state index in [1.165, 1.54) is 4.90 Å². The molecular formula is C38H52Cl2N6O6S. The van der Waals surface area contributed by atoms with E-state index in [1.807, 2.05) is 70.5 Å². The van der Waals surface area contributed by atoms with Crippen LogP contribution >= 0.6 is 35.3 Å². The first-order valence-electron chi connectivity index (χ1n) is 17.6. The largest absolute Gasteiger partial charge is 0.490 e. The van der Waals surface area contributed by atoms with Crippen LogP contribution in [0.2, 0.25) is 5.02 Å². The number of β-amino-alcohol motifs (C(OH)–C–C–N with tert-alkyl or cyclic N) is 1. The molecule has 0 aliphatic carbocycles. The Labute approximate surface area is 326 Å². The highest BCUT2D eigenvalue weighted by molar-refractivity contribution is 7.13. The second-order valence-corrected chi connectivity index (χ2v) is 15.8. The fraction of sp³-hybridized carbons (Fsp3) is 0.500. The Balaban J connectivity index is 0.00000756. The van der Waals surface area contributed by atoms with Crippen LogP contribution in [0.15, 0.2) is 48.0 Å². The van der Waals surface area contributed by atoms with E-state index in [4.69, 9.17) is 27.8 Å². The molecule has 0 saturated carbocycles. The summed E-state index contributed by atoms with van der Waals surface area (Å²) in [7, 11) is 0. The molecule has 0 radical (unpaired) electrons. The van der Waals surface area contributed by atoms with Gasteiger partial charge in [0.05, 0.1) is 33.3 Å². The van der Waals surface area contributed by atoms with Crippen LogP contribution in [0.5, 0.6) is 5.75 Å². The zero-order valence-corrected chi connectivity index (χ0v) is 33.3. The Bertz CT molecular complexity index is 1720. The first kappa shape index (κ1) is 43.7. The van der Waals surface area contributed by atoms with Crippen LogP contribution in [0.25, 0.3) is 10.4 Å². The van der Waals surface area contributed by atoms with Crippen molar-refractivity contribution in [1.29, 1.82) is 0 Å². The van der Waals surface area contributed by atoms with Crippen molar-refractivity contribution in [3.05, 3.63) is 69.8 Å². The van der Waals surface area contributed by atoms with Gasteiger partial charge in [-0.1, -0.05) is 68.8 Å². The number of likely N-dealkylation sites (tertiary alicyclic amines) is 1. The number of hydrogen-bond donors (Lipinski definition) is 5. The predicted molar refractivity (Wildman–Crippen MR) is 210 cm³/mol. The topological polar surface area (TPSA) is 190 Å². The minimum Gasteiger partial charge on any atom is -0.490 e. The number of benzene rings is 2. The Morgan fingerprint density at radius 3 is 2.43 bits per heavy atom. The molecule has 290 valence electrons. The molecule has 4 rings (SSSR count). The minimum atomic E-state index is -0.931. The number of amides is 4. The Morgan fingerprint density at radius 2 is 1.81 bits per heavy atom. The molecule has 0 bridgehead atoms. The number of nitrogens with one attached hydrogen (secondary N) is 2. The molecule has 1 saturated heterocycles. The Hall–Kier alpha value is -3.75. The van der Waals surface area contributed by atoms with Crippen LogP contribution in [-0.2, 0) is 25.6 Å². The maximum atomic E-state index is 14.0. The highest BCUT2D eigenvalue weighted by atomic mass is 35.5. The van der Waals surface area contributed by atoms with Gasteiger partial charge in [0.25, 0.3) is 0 Å². The molecule has 5 atom stereocenters. The third-order valence-electron chi connectivity index (χ3n) is 9.17. The molecular weight excluding hydrogens is 739 g/mol. The molecule has 53 heavy (non-hydrogen) atoms. The maximum absolute atomic E-state index is 14.0. The van der Waals surface area contributed by atoms with Gasteiger partial charge in [0.1, 0.15) is 24.4 Å². The number of carbonyl (C=O) groups excluding carboxylic acids is 4. The van der Waals surface area contributed by atoms with Gasteiger partial charge in [-0.3, -0.25) is 19.2 Å². The second-order valence-electron chi connectivity index (χ2n) is 14.5. The molecule has 1 aliphatic rings. The lowest BCUT2D eigenvalue weighted by Crippen LogP contribution is -2.57. The molecule has 1 aromatic heterocycles. The number of aromatic nitrogens is 1. The molecule has 2 unspecified atom stereocenters. The summed E-state index contributed by atoms with van der Waals surface area (Å²) in [4.78, 5) is 58.7. The number of nitrogens with two attached hydrogens (primary N) is 2. The van der Waals surface area contributed by atoms with Crippen molar-refractivity contribution in [3.8, 4) is 16.2 Å². The SMILES string of the molecule is Cc1ncsc1-c1ccc([C@H](C)NC(=O)[C@@H]2C[C@@H](O)CN2C(=O)C(NC(=O)CCCc2cccc(OCC(N)CCC(N)=O)c2Cl)C(C)(C)C)cc1.Cl. The standard InChI is InChI=1S/C38H51ClN6O6S.ClH/c1-22(24-12-14-26(15-13-24)34-23(2)42-21-52-34)43-36(49)29-18-28(46)19-45(29)37(50)35(38(3,4)5)44-32(48)11-7-9-25-8-6-10-30(33(25)39)51-20-27(40)16-17-31(41)47;/h6,8,10,12-15,21-22,27-29,35,46H,7,9,11,16-20,40H2,1-5H3,(H2,41,47)(H,43,49)(H,44,48);1H/t22-,27?,28+,29-,35?;/m0./s1. The van der Waals surface area contributed by atoms with Gasteiger partial charge in [0.15, 0.2) is 0 Å². The zero-order valence-electron chi connectivity index (χ0n) is 30.9. The normalized spacial score (nSPS) is 17.3. The number of ether oxygens (including phenoxy) is 1. The van der Waals surface area contributed by atoms with E-state index in [2.05, 4.69) is 15.6 Å². The van der Waals surface area contributed by atoms with E-state index >= 15 is 0 Å². The van der Waals surface area contributed by atoms with Gasteiger partial charge in [0, 0.05) is 31.8 Å². The molecule has 15 heteroatoms. The number of aliphatic hydroxyl groups excluding tert-OH is 1. The number of carbonyl (C=O) groups is 4. The number of aryl methyl sites for hydroxylation is 2. The van der Waals surface area contributed by atoms with Gasteiger partial charge in [-0.2, -0.15) is 0 Å². The van der Waals surface area contributed by atoms with Gasteiger partial charge in [0.2, 0.25) is 23.6 Å². The van der Waals surface area contributed by atoms with Gasteiger partial charge in [-0.25, -0.2) is 4.98 Å². The molecule has 7 N–H and O–H groups in total. The number of nitrogens with zero attached hydrogens (tertiary/aromatic N) is 2. The lowest BCUT2D eigenvalue weighted by molar-refractivity contribution is -0.144. The molecule has 2 aromatic carbocycles. The van der Waals surface area contributed by atoms with Crippen molar-refractivity contribution in [3.63, 3.8) is 0 Å². The summed E-state index contributed by atoms with van der Waals surface area (Å²) < 4.78 is 5.78. The summed E-state index contributed by atoms with van der Waals surface area (Å²) in [5, 5.41) is 16.9. The molecule has 1 fully saturated rings. The summed E-state index contributed by atoms with van der Waals surface area (Å²) in [6.45, 7) is 9.55. The highest BCUT2D eigenvalue weighted by Crippen LogP contribution is 2.31. The first-order valence-corrected chi connectivity index (χ1v) is 18.8. The molecule has 0 spiro atoms. The number of thiazole rings is 1. The Morgan fingerprint density at radius 1 is 1.11 bits per heavy atom. The summed E-state index contributed by atoms with van der Waals surface area (Å²) in [5.74, 6) is -1.07. The third-order valence-corrected chi connectivity index (χ3v) is 10.6. The minimum absolute atomic E-state index is 0. The van der Waals surface area contributed by atoms with Crippen LogP contribution in [0.3, 0.4) is 0 Å². The lowest BCUT2D eigenvalue weighted by atomic mass is 9.85. The van der Waals surface area contributed by atoms with Crippen molar-refractivity contribution >= 4 is 59.0 Å². The lowest BCUT2D eigenvalue weighted by Gasteiger charge is -2.35. The summed E-state index contributed by atoms with van der Waals surface area (Å²) >= 11 is 8.17. The van der Waals surface area contributed by atoms with E-state index in [0.29, 0.717) is 30.0 Å². The van der Waals surface area contributed by atoms with Crippen LogP contribution in [0, 0.1) is 12.3 Å². The molecule has 2 heterocycles. The van der Waals surface area contributed by atoms with Crippen LogP contribution in [0.1, 0.15) is 82.7 Å².